The standard InChI is InChI=1S/C15H24N2OS2/c1-5-16-15(13-9-19-10(2)11(3)20-13)14-12(18-4)7-6-8-17-14/h6-8,10-11,13,15-16H,5,9H2,1-4H3. The molecule has 20 heavy (non-hydrogen) atoms. The average molecular weight is 313 g/mol. The van der Waals surface area contributed by atoms with Gasteiger partial charge in [0.25, 0.3) is 0 Å². The third-order valence-electron chi connectivity index (χ3n) is 3.68. The molecule has 4 unspecified atom stereocenters. The van der Waals surface area contributed by atoms with Crippen LogP contribution in [0.25, 0.3) is 0 Å². The zero-order valence-corrected chi connectivity index (χ0v) is 14.3. The van der Waals surface area contributed by atoms with Crippen molar-refractivity contribution in [3.63, 3.8) is 0 Å². The van der Waals surface area contributed by atoms with E-state index in [1.54, 1.807) is 7.11 Å². The van der Waals surface area contributed by atoms with E-state index in [1.165, 1.54) is 0 Å². The van der Waals surface area contributed by atoms with Crippen molar-refractivity contribution in [2.24, 2.45) is 0 Å². The predicted molar refractivity (Wildman–Crippen MR) is 90.0 cm³/mol. The molecule has 1 aliphatic rings. The van der Waals surface area contributed by atoms with Crippen molar-refractivity contribution in [3.05, 3.63) is 24.0 Å². The number of nitrogens with zero attached hydrogens (tertiary/aromatic N) is 1. The van der Waals surface area contributed by atoms with Crippen LogP contribution in [0.5, 0.6) is 5.75 Å². The quantitative estimate of drug-likeness (QED) is 0.901. The van der Waals surface area contributed by atoms with E-state index in [2.05, 4.69) is 54.6 Å². The Labute approximate surface area is 130 Å². The summed E-state index contributed by atoms with van der Waals surface area (Å²) in [4.78, 5) is 4.58. The van der Waals surface area contributed by atoms with Crippen LogP contribution in [0, 0.1) is 0 Å². The second-order valence-electron chi connectivity index (χ2n) is 5.04. The molecule has 1 aliphatic heterocycles. The SMILES string of the molecule is CCNC(c1ncccc1OC)C1CSC(C)C(C)S1. The van der Waals surface area contributed by atoms with Gasteiger partial charge in [-0.05, 0) is 18.7 Å². The first-order chi connectivity index (χ1) is 9.67. The fourth-order valence-electron chi connectivity index (χ4n) is 2.42. The van der Waals surface area contributed by atoms with Gasteiger partial charge in [-0.2, -0.15) is 23.5 Å². The molecule has 5 heteroatoms. The largest absolute Gasteiger partial charge is 0.495 e. The van der Waals surface area contributed by atoms with Gasteiger partial charge in [0, 0.05) is 27.7 Å². The summed E-state index contributed by atoms with van der Waals surface area (Å²) in [6, 6.07) is 4.18. The lowest BCUT2D eigenvalue weighted by molar-refractivity contribution is 0.394. The molecule has 3 nitrogen and oxygen atoms in total. The molecule has 0 saturated carbocycles. The summed E-state index contributed by atoms with van der Waals surface area (Å²) >= 11 is 4.14. The highest BCUT2D eigenvalue weighted by Gasteiger charge is 2.33. The van der Waals surface area contributed by atoms with Crippen molar-refractivity contribution in [2.75, 3.05) is 19.4 Å². The van der Waals surface area contributed by atoms with Gasteiger partial charge in [0.1, 0.15) is 11.4 Å². The fourth-order valence-corrected chi connectivity index (χ4v) is 5.51. The van der Waals surface area contributed by atoms with Crippen LogP contribution in [0.3, 0.4) is 0 Å². The zero-order chi connectivity index (χ0) is 14.5. The summed E-state index contributed by atoms with van der Waals surface area (Å²) in [7, 11) is 1.72. The van der Waals surface area contributed by atoms with E-state index in [4.69, 9.17) is 4.74 Å². The molecule has 0 radical (unpaired) electrons. The summed E-state index contributed by atoms with van der Waals surface area (Å²) < 4.78 is 5.49. The van der Waals surface area contributed by atoms with E-state index in [-0.39, 0.29) is 6.04 Å². The van der Waals surface area contributed by atoms with Crippen LogP contribution in [0.2, 0.25) is 0 Å². The Kier molecular flexibility index (Phi) is 6.05. The summed E-state index contributed by atoms with van der Waals surface area (Å²) in [5, 5.41) is 5.54. The molecular formula is C15H24N2OS2. The maximum absolute atomic E-state index is 5.49. The molecule has 2 heterocycles. The lowest BCUT2D eigenvalue weighted by Crippen LogP contribution is -2.37. The van der Waals surface area contributed by atoms with E-state index < -0.39 is 0 Å². The van der Waals surface area contributed by atoms with Crippen LogP contribution >= 0.6 is 23.5 Å². The molecule has 1 fully saturated rings. The molecule has 2 rings (SSSR count). The van der Waals surface area contributed by atoms with Crippen LogP contribution in [0.1, 0.15) is 32.5 Å². The van der Waals surface area contributed by atoms with Gasteiger partial charge in [-0.3, -0.25) is 4.98 Å². The Morgan fingerprint density at radius 2 is 2.25 bits per heavy atom. The number of aromatic nitrogens is 1. The molecule has 1 aromatic rings. The van der Waals surface area contributed by atoms with Gasteiger partial charge < -0.3 is 10.1 Å². The van der Waals surface area contributed by atoms with E-state index in [0.717, 1.165) is 29.0 Å². The van der Waals surface area contributed by atoms with E-state index >= 15 is 0 Å². The van der Waals surface area contributed by atoms with Crippen molar-refractivity contribution >= 4 is 23.5 Å². The molecule has 0 amide bonds. The van der Waals surface area contributed by atoms with Crippen LogP contribution in [0.4, 0.5) is 0 Å². The number of hydrogen-bond acceptors (Lipinski definition) is 5. The minimum atomic E-state index is 0.253. The van der Waals surface area contributed by atoms with Gasteiger partial charge in [-0.1, -0.05) is 20.8 Å². The van der Waals surface area contributed by atoms with Gasteiger partial charge >= 0.3 is 0 Å². The lowest BCUT2D eigenvalue weighted by atomic mass is 10.1. The maximum Gasteiger partial charge on any atom is 0.142 e. The second-order valence-corrected chi connectivity index (χ2v) is 8.08. The van der Waals surface area contributed by atoms with Crippen molar-refractivity contribution in [3.8, 4) is 5.75 Å². The normalized spacial score (nSPS) is 28.1. The first-order valence-electron chi connectivity index (χ1n) is 7.16. The predicted octanol–water partition coefficient (Wildman–Crippen LogP) is 3.37. The molecule has 0 aromatic carbocycles. The molecule has 112 valence electrons. The van der Waals surface area contributed by atoms with Crippen LogP contribution in [-0.2, 0) is 0 Å². The Balaban J connectivity index is 2.22. The monoisotopic (exact) mass is 312 g/mol. The van der Waals surface area contributed by atoms with Gasteiger partial charge in [-0.15, -0.1) is 0 Å². The Morgan fingerprint density at radius 1 is 1.45 bits per heavy atom. The summed E-state index contributed by atoms with van der Waals surface area (Å²) in [6.07, 6.45) is 1.86. The van der Waals surface area contributed by atoms with E-state index in [1.807, 2.05) is 18.3 Å². The smallest absolute Gasteiger partial charge is 0.142 e. The van der Waals surface area contributed by atoms with Gasteiger partial charge in [0.2, 0.25) is 0 Å². The number of hydrogen-bond donors (Lipinski definition) is 1. The average Bonchev–Trinajstić information content (AvgIpc) is 2.48. The number of methoxy groups -OCH3 is 1. The Morgan fingerprint density at radius 3 is 2.90 bits per heavy atom. The van der Waals surface area contributed by atoms with Crippen molar-refractivity contribution in [1.29, 1.82) is 0 Å². The number of nitrogens with one attached hydrogen (secondary N) is 1. The van der Waals surface area contributed by atoms with E-state index in [9.17, 15) is 0 Å². The maximum atomic E-state index is 5.49. The number of thioether (sulfide) groups is 2. The van der Waals surface area contributed by atoms with Gasteiger partial charge in [-0.25, -0.2) is 0 Å². The molecule has 1 saturated heterocycles. The molecule has 1 N–H and O–H groups in total. The molecule has 0 bridgehead atoms. The van der Waals surface area contributed by atoms with Crippen LogP contribution < -0.4 is 10.1 Å². The lowest BCUT2D eigenvalue weighted by Gasteiger charge is -2.36. The van der Waals surface area contributed by atoms with E-state index in [0.29, 0.717) is 10.5 Å². The number of rotatable bonds is 5. The first-order valence-corrected chi connectivity index (χ1v) is 9.15. The molecule has 4 atom stereocenters. The third kappa shape index (κ3) is 3.62. The summed E-state index contributed by atoms with van der Waals surface area (Å²) in [6.45, 7) is 7.74. The zero-order valence-electron chi connectivity index (χ0n) is 12.6. The highest BCUT2D eigenvalue weighted by atomic mass is 32.2. The molecule has 0 aliphatic carbocycles. The van der Waals surface area contributed by atoms with Crippen molar-refractivity contribution < 1.29 is 4.74 Å². The van der Waals surface area contributed by atoms with Crippen molar-refractivity contribution in [2.45, 2.75) is 42.6 Å². The number of pyridine rings is 1. The molecular weight excluding hydrogens is 288 g/mol. The topological polar surface area (TPSA) is 34.2 Å². The fraction of sp³-hybridized carbons (Fsp3) is 0.667. The second kappa shape index (κ2) is 7.57. The van der Waals surface area contributed by atoms with Crippen LogP contribution in [0.15, 0.2) is 18.3 Å². The Bertz CT molecular complexity index is 430. The minimum absolute atomic E-state index is 0.253. The summed E-state index contributed by atoms with van der Waals surface area (Å²) in [5.74, 6) is 2.04. The first kappa shape index (κ1) is 16.0. The highest BCUT2D eigenvalue weighted by molar-refractivity contribution is 8.07. The number of ether oxygens (including phenoxy) is 1. The minimum Gasteiger partial charge on any atom is -0.495 e. The van der Waals surface area contributed by atoms with Gasteiger partial charge in [0.05, 0.1) is 13.2 Å². The van der Waals surface area contributed by atoms with Gasteiger partial charge in [0.15, 0.2) is 0 Å². The highest BCUT2D eigenvalue weighted by Crippen LogP contribution is 2.42. The molecule has 0 spiro atoms. The summed E-state index contributed by atoms with van der Waals surface area (Å²) in [5.41, 5.74) is 1.04. The Hall–Kier alpha value is -0.390. The van der Waals surface area contributed by atoms with Crippen LogP contribution in [-0.4, -0.2) is 40.1 Å². The van der Waals surface area contributed by atoms with Crippen molar-refractivity contribution in [1.82, 2.24) is 10.3 Å². The third-order valence-corrected chi connectivity index (χ3v) is 7.18. The molecule has 1 aromatic heterocycles.